The van der Waals surface area contributed by atoms with Gasteiger partial charge in [0, 0.05) is 0 Å². The molecule has 7 heavy (non-hydrogen) atoms. The minimum Gasteiger partial charge on any atom is -0.362 e. The average molecular weight is 120 g/mol. The molecule has 0 unspecified atom stereocenters. The third-order valence-corrected chi connectivity index (χ3v) is 1.65. The Balaban J connectivity index is 2.45. The van der Waals surface area contributed by atoms with Gasteiger partial charge in [-0.2, -0.15) is 0 Å². The molecular weight excluding hydrogens is 118 g/mol. The van der Waals surface area contributed by atoms with Gasteiger partial charge in [0.1, 0.15) is 0 Å². The maximum Gasteiger partial charge on any atom is 0.463 e. The quantitative estimate of drug-likeness (QED) is 0.366. The Morgan fingerprint density at radius 3 is 2.29 bits per heavy atom. The highest BCUT2D eigenvalue weighted by Crippen LogP contribution is 2.55. The third kappa shape index (κ3) is 0.862. The van der Waals surface area contributed by atoms with Gasteiger partial charge >= 0.3 is 7.82 Å². The molecular formula is CH2BO4P. The van der Waals surface area contributed by atoms with Crippen LogP contribution in [0, 0.1) is 0 Å². The zero-order chi connectivity index (χ0) is 5.33. The maximum absolute atomic E-state index is 10.2. The lowest BCUT2D eigenvalue weighted by atomic mass is 10.6. The Hall–Kier alpha value is 0.175. The lowest BCUT2D eigenvalue weighted by Crippen LogP contribution is -2.10. The highest BCUT2D eigenvalue weighted by atomic mass is 31.2. The molecule has 1 heterocycles. The summed E-state index contributed by atoms with van der Waals surface area (Å²) in [6.07, 6.45) is 0. The van der Waals surface area contributed by atoms with Crippen LogP contribution in [0.1, 0.15) is 0 Å². The van der Waals surface area contributed by atoms with Crippen LogP contribution in [0.25, 0.3) is 0 Å². The topological polar surface area (TPSA) is 44.8 Å². The van der Waals surface area contributed by atoms with Crippen molar-refractivity contribution in [2.75, 3.05) is 6.79 Å². The van der Waals surface area contributed by atoms with E-state index in [9.17, 15) is 4.57 Å². The zero-order valence-corrected chi connectivity index (χ0v) is 4.26. The van der Waals surface area contributed by atoms with E-state index < -0.39 is 7.82 Å². The van der Waals surface area contributed by atoms with Crippen molar-refractivity contribution in [2.45, 2.75) is 0 Å². The van der Waals surface area contributed by atoms with E-state index in [1.807, 2.05) is 0 Å². The molecule has 4 nitrogen and oxygen atoms in total. The molecule has 0 bridgehead atoms. The standard InChI is InChI=1S/CH2BO4P/c2-6-7(3)4-1-5-7/h1H2. The van der Waals surface area contributed by atoms with Gasteiger partial charge in [-0.05, 0) is 0 Å². The van der Waals surface area contributed by atoms with E-state index in [0.29, 0.717) is 0 Å². The van der Waals surface area contributed by atoms with E-state index in [2.05, 4.69) is 21.5 Å². The molecule has 0 aliphatic carbocycles. The van der Waals surface area contributed by atoms with Crippen LogP contribution in [0.4, 0.5) is 0 Å². The molecule has 6 heteroatoms. The third-order valence-electron chi connectivity index (χ3n) is 0.551. The smallest absolute Gasteiger partial charge is 0.362 e. The number of hydrogen-bond acceptors (Lipinski definition) is 4. The van der Waals surface area contributed by atoms with Crippen LogP contribution in [-0.2, 0) is 18.1 Å². The summed E-state index contributed by atoms with van der Waals surface area (Å²) < 4.78 is 22.5. The van der Waals surface area contributed by atoms with Gasteiger partial charge in [0.05, 0.1) is 0 Å². The summed E-state index contributed by atoms with van der Waals surface area (Å²) in [6.45, 7) is 0.00841. The molecule has 0 N–H and O–H groups in total. The van der Waals surface area contributed by atoms with Crippen LogP contribution in [0.15, 0.2) is 0 Å². The van der Waals surface area contributed by atoms with E-state index in [0.717, 1.165) is 0 Å². The largest absolute Gasteiger partial charge is 0.463 e. The van der Waals surface area contributed by atoms with Gasteiger partial charge in [0.15, 0.2) is 6.79 Å². The predicted molar refractivity (Wildman–Crippen MR) is 21.5 cm³/mol. The minimum absolute atomic E-state index is 0.00841. The normalized spacial score (nSPS) is 26.3. The summed E-state index contributed by atoms with van der Waals surface area (Å²) in [7, 11) is 1.26. The van der Waals surface area contributed by atoms with Crippen LogP contribution >= 0.6 is 7.82 Å². The van der Waals surface area contributed by atoms with Crippen molar-refractivity contribution in [3.05, 3.63) is 0 Å². The van der Waals surface area contributed by atoms with Crippen LogP contribution in [0.2, 0.25) is 0 Å². The molecule has 38 valence electrons. The van der Waals surface area contributed by atoms with Gasteiger partial charge in [0.25, 0.3) is 8.05 Å². The molecule has 2 radical (unpaired) electrons. The summed E-state index contributed by atoms with van der Waals surface area (Å²) >= 11 is 0. The fourth-order valence-electron chi connectivity index (χ4n) is 0.200. The molecule has 1 rings (SSSR count). The van der Waals surface area contributed by atoms with E-state index in [-0.39, 0.29) is 6.79 Å². The Bertz CT molecular complexity index is 96.0. The molecule has 0 amide bonds. The summed E-state index contributed by atoms with van der Waals surface area (Å²) in [5.41, 5.74) is 0. The summed E-state index contributed by atoms with van der Waals surface area (Å²) in [5.74, 6) is 0. The molecule has 0 saturated carbocycles. The average Bonchev–Trinajstić information content (AvgIpc) is 1.61. The first kappa shape index (κ1) is 5.31. The molecule has 1 saturated heterocycles. The van der Waals surface area contributed by atoms with Crippen molar-refractivity contribution in [3.63, 3.8) is 0 Å². The van der Waals surface area contributed by atoms with Gasteiger partial charge in [-0.3, -0.25) is 9.05 Å². The van der Waals surface area contributed by atoms with Crippen molar-refractivity contribution in [1.29, 1.82) is 0 Å². The molecule has 1 aliphatic heterocycles. The SMILES string of the molecule is [B]OP1(=O)OCO1. The van der Waals surface area contributed by atoms with Gasteiger partial charge < -0.3 is 4.44 Å². The van der Waals surface area contributed by atoms with Crippen molar-refractivity contribution in [2.24, 2.45) is 0 Å². The second kappa shape index (κ2) is 1.60. The Morgan fingerprint density at radius 2 is 2.29 bits per heavy atom. The summed E-state index contributed by atoms with van der Waals surface area (Å²) in [5, 5.41) is 0. The van der Waals surface area contributed by atoms with E-state index in [1.54, 1.807) is 0 Å². The summed E-state index contributed by atoms with van der Waals surface area (Å²) in [6, 6.07) is 0. The fourth-order valence-corrected chi connectivity index (χ4v) is 0.599. The monoisotopic (exact) mass is 120 g/mol. The van der Waals surface area contributed by atoms with Crippen molar-refractivity contribution in [3.8, 4) is 0 Å². The highest BCUT2D eigenvalue weighted by Gasteiger charge is 2.33. The summed E-state index contributed by atoms with van der Waals surface area (Å²) in [4.78, 5) is 0. The Morgan fingerprint density at radius 1 is 1.71 bits per heavy atom. The maximum atomic E-state index is 10.2. The van der Waals surface area contributed by atoms with Gasteiger partial charge in [-0.1, -0.05) is 0 Å². The number of phosphoric acid groups is 1. The lowest BCUT2D eigenvalue weighted by Gasteiger charge is -2.23. The van der Waals surface area contributed by atoms with Gasteiger partial charge in [-0.15, -0.1) is 0 Å². The van der Waals surface area contributed by atoms with Crippen molar-refractivity contribution in [1.82, 2.24) is 0 Å². The first-order chi connectivity index (χ1) is 3.27. The second-order valence-electron chi connectivity index (χ2n) is 0.929. The van der Waals surface area contributed by atoms with Crippen LogP contribution < -0.4 is 0 Å². The van der Waals surface area contributed by atoms with Gasteiger partial charge in [-0.25, -0.2) is 4.57 Å². The van der Waals surface area contributed by atoms with E-state index in [1.165, 1.54) is 0 Å². The molecule has 0 spiro atoms. The molecule has 0 aromatic heterocycles. The van der Waals surface area contributed by atoms with Crippen LogP contribution in [0.3, 0.4) is 0 Å². The Kier molecular flexibility index (Phi) is 1.21. The first-order valence-corrected chi connectivity index (χ1v) is 3.00. The molecule has 1 aliphatic rings. The van der Waals surface area contributed by atoms with Crippen LogP contribution in [-0.4, -0.2) is 14.8 Å². The lowest BCUT2D eigenvalue weighted by molar-refractivity contribution is -0.0210. The molecule has 1 fully saturated rings. The second-order valence-corrected chi connectivity index (χ2v) is 2.55. The van der Waals surface area contributed by atoms with Crippen LogP contribution in [0.5, 0.6) is 0 Å². The predicted octanol–water partition coefficient (Wildman–Crippen LogP) is 0.199. The van der Waals surface area contributed by atoms with Crippen molar-refractivity contribution >= 4 is 15.9 Å². The number of phosphoric ester groups is 1. The molecule has 0 atom stereocenters. The first-order valence-electron chi connectivity index (χ1n) is 1.54. The van der Waals surface area contributed by atoms with Gasteiger partial charge in [0.2, 0.25) is 0 Å². The minimum atomic E-state index is -3.20. The molecule has 0 aromatic rings. The molecule has 0 aromatic carbocycles. The zero-order valence-electron chi connectivity index (χ0n) is 3.36. The van der Waals surface area contributed by atoms with E-state index in [4.69, 9.17) is 0 Å². The fraction of sp³-hybridized carbons (Fsp3) is 1.00. The van der Waals surface area contributed by atoms with E-state index >= 15 is 0 Å². The highest BCUT2D eigenvalue weighted by molar-refractivity contribution is 7.50. The Labute approximate surface area is 41.8 Å². The number of hydrogen-bond donors (Lipinski definition) is 0. The van der Waals surface area contributed by atoms with Crippen molar-refractivity contribution < 1.29 is 18.1 Å². The number of rotatable bonds is 1.